The molecule has 5 rings (SSSR count). The number of amides is 2. The minimum Gasteiger partial charge on any atom is -0.365 e. The number of primary amides is 1. The Morgan fingerprint density at radius 1 is 1.06 bits per heavy atom. The van der Waals surface area contributed by atoms with E-state index in [-0.39, 0.29) is 17.5 Å². The van der Waals surface area contributed by atoms with Gasteiger partial charge in [-0.05, 0) is 55.2 Å². The number of H-pyrrole nitrogens is 1. The van der Waals surface area contributed by atoms with E-state index in [0.29, 0.717) is 29.6 Å². The number of nitrogens with zero attached hydrogens (tertiary/aromatic N) is 2. The number of nitrogens with two attached hydrogens (primary N) is 1. The van der Waals surface area contributed by atoms with Gasteiger partial charge in [0.15, 0.2) is 0 Å². The number of benzene rings is 1. The predicted molar refractivity (Wildman–Crippen MR) is 124 cm³/mol. The fourth-order valence-corrected chi connectivity index (χ4v) is 4.34. The third kappa shape index (κ3) is 3.87. The number of hydrogen-bond acceptors (Lipinski definition) is 5. The number of nitrogens with one attached hydrogen (secondary N) is 2. The fourth-order valence-electron chi connectivity index (χ4n) is 4.34. The van der Waals surface area contributed by atoms with E-state index < -0.39 is 11.5 Å². The molecule has 0 bridgehead atoms. The second kappa shape index (κ2) is 8.31. The molecule has 3 heterocycles. The Kier molecular flexibility index (Phi) is 5.18. The van der Waals surface area contributed by atoms with E-state index in [4.69, 9.17) is 10.7 Å². The van der Waals surface area contributed by atoms with E-state index >= 15 is 0 Å². The predicted octanol–water partition coefficient (Wildman–Crippen LogP) is 2.89. The minimum absolute atomic E-state index is 0.107. The average Bonchev–Trinajstić information content (AvgIpc) is 2.83. The van der Waals surface area contributed by atoms with Crippen LogP contribution in [0.2, 0.25) is 0 Å². The molecular weight excluding hydrogens is 418 g/mol. The van der Waals surface area contributed by atoms with Crippen LogP contribution in [0.5, 0.6) is 0 Å². The summed E-state index contributed by atoms with van der Waals surface area (Å²) in [6.07, 6.45) is 5.51. The second-order valence-corrected chi connectivity index (χ2v) is 8.04. The number of aromatic amines is 1. The molecule has 1 unspecified atom stereocenters. The van der Waals surface area contributed by atoms with Crippen LogP contribution in [0.25, 0.3) is 22.2 Å². The van der Waals surface area contributed by atoms with Crippen molar-refractivity contribution in [2.45, 2.75) is 25.3 Å². The molecule has 4 N–H and O–H groups in total. The van der Waals surface area contributed by atoms with Gasteiger partial charge in [-0.1, -0.05) is 18.2 Å². The molecule has 0 spiro atoms. The molecule has 1 aliphatic rings. The summed E-state index contributed by atoms with van der Waals surface area (Å²) in [6, 6.07) is 14.1. The van der Waals surface area contributed by atoms with Gasteiger partial charge in [-0.3, -0.25) is 19.4 Å². The molecule has 4 aromatic rings. The van der Waals surface area contributed by atoms with E-state index in [1.54, 1.807) is 18.5 Å². The summed E-state index contributed by atoms with van der Waals surface area (Å²) in [6.45, 7) is 0. The molecule has 0 saturated carbocycles. The molecule has 8 heteroatoms. The summed E-state index contributed by atoms with van der Waals surface area (Å²) in [4.78, 5) is 48.8. The van der Waals surface area contributed by atoms with Crippen LogP contribution in [-0.4, -0.2) is 26.8 Å². The van der Waals surface area contributed by atoms with Crippen LogP contribution < -0.4 is 16.6 Å². The molecule has 1 aliphatic carbocycles. The van der Waals surface area contributed by atoms with Crippen LogP contribution in [-0.2, 0) is 6.42 Å². The van der Waals surface area contributed by atoms with Crippen LogP contribution in [0.1, 0.15) is 50.9 Å². The SMILES string of the molecule is NC(=O)c1cc2c([nH]c1=O)CCCC2NC(=O)c1cc(-c2ccncc2)nc2ccccc12. The van der Waals surface area contributed by atoms with Crippen LogP contribution in [0.15, 0.2) is 65.7 Å². The number of carbonyl (C=O) groups excluding carboxylic acids is 2. The monoisotopic (exact) mass is 439 g/mol. The van der Waals surface area contributed by atoms with E-state index in [1.165, 1.54) is 6.07 Å². The van der Waals surface area contributed by atoms with Gasteiger partial charge in [0.2, 0.25) is 0 Å². The smallest absolute Gasteiger partial charge is 0.261 e. The first kappa shape index (κ1) is 20.6. The van der Waals surface area contributed by atoms with Crippen molar-refractivity contribution in [1.82, 2.24) is 20.3 Å². The van der Waals surface area contributed by atoms with Crippen molar-refractivity contribution in [1.29, 1.82) is 0 Å². The van der Waals surface area contributed by atoms with Gasteiger partial charge in [0.25, 0.3) is 17.4 Å². The number of carbonyl (C=O) groups is 2. The average molecular weight is 439 g/mol. The Morgan fingerprint density at radius 2 is 1.85 bits per heavy atom. The number of pyridine rings is 3. The highest BCUT2D eigenvalue weighted by Crippen LogP contribution is 2.30. The van der Waals surface area contributed by atoms with E-state index in [0.717, 1.165) is 28.6 Å². The molecular formula is C25H21N5O3. The molecule has 0 fully saturated rings. The molecule has 2 amide bonds. The van der Waals surface area contributed by atoms with Gasteiger partial charge in [-0.2, -0.15) is 0 Å². The first-order valence-electron chi connectivity index (χ1n) is 10.7. The van der Waals surface area contributed by atoms with Crippen molar-refractivity contribution in [3.8, 4) is 11.3 Å². The second-order valence-electron chi connectivity index (χ2n) is 8.04. The van der Waals surface area contributed by atoms with Gasteiger partial charge in [0.05, 0.1) is 22.8 Å². The van der Waals surface area contributed by atoms with Crippen molar-refractivity contribution in [3.63, 3.8) is 0 Å². The van der Waals surface area contributed by atoms with Gasteiger partial charge in [0, 0.05) is 29.0 Å². The molecule has 8 nitrogen and oxygen atoms in total. The van der Waals surface area contributed by atoms with Crippen LogP contribution in [0.3, 0.4) is 0 Å². The molecule has 164 valence electrons. The highest BCUT2D eigenvalue weighted by Gasteiger charge is 2.26. The summed E-state index contributed by atoms with van der Waals surface area (Å²) >= 11 is 0. The quantitative estimate of drug-likeness (QED) is 0.450. The van der Waals surface area contributed by atoms with Crippen LogP contribution in [0.4, 0.5) is 0 Å². The molecule has 3 aromatic heterocycles. The molecule has 0 saturated heterocycles. The maximum absolute atomic E-state index is 13.5. The molecule has 0 radical (unpaired) electrons. The summed E-state index contributed by atoms with van der Waals surface area (Å²) in [5, 5.41) is 3.83. The molecule has 1 atom stereocenters. The van der Waals surface area contributed by atoms with Gasteiger partial charge in [0.1, 0.15) is 5.56 Å². The number of para-hydroxylation sites is 1. The lowest BCUT2D eigenvalue weighted by Crippen LogP contribution is -2.34. The largest absolute Gasteiger partial charge is 0.365 e. The number of fused-ring (bicyclic) bond motifs is 2. The topological polar surface area (TPSA) is 131 Å². The van der Waals surface area contributed by atoms with Gasteiger partial charge >= 0.3 is 0 Å². The van der Waals surface area contributed by atoms with Crippen molar-refractivity contribution >= 4 is 22.7 Å². The Morgan fingerprint density at radius 3 is 2.64 bits per heavy atom. The number of aromatic nitrogens is 3. The lowest BCUT2D eigenvalue weighted by atomic mass is 9.90. The Balaban J connectivity index is 1.55. The van der Waals surface area contributed by atoms with E-state index in [9.17, 15) is 14.4 Å². The van der Waals surface area contributed by atoms with Crippen molar-refractivity contribution in [2.75, 3.05) is 0 Å². The number of hydrogen-bond donors (Lipinski definition) is 3. The third-order valence-corrected chi connectivity index (χ3v) is 5.96. The van der Waals surface area contributed by atoms with Crippen molar-refractivity contribution < 1.29 is 9.59 Å². The van der Waals surface area contributed by atoms with Crippen LogP contribution in [0, 0.1) is 0 Å². The fraction of sp³-hybridized carbons (Fsp3) is 0.160. The Labute approximate surface area is 188 Å². The summed E-state index contributed by atoms with van der Waals surface area (Å²) in [7, 11) is 0. The highest BCUT2D eigenvalue weighted by molar-refractivity contribution is 6.07. The zero-order chi connectivity index (χ0) is 22.9. The lowest BCUT2D eigenvalue weighted by molar-refractivity contribution is 0.0934. The molecule has 0 aliphatic heterocycles. The first-order valence-corrected chi connectivity index (χ1v) is 10.7. The maximum atomic E-state index is 13.5. The maximum Gasteiger partial charge on any atom is 0.261 e. The normalized spacial score (nSPS) is 15.1. The summed E-state index contributed by atoms with van der Waals surface area (Å²) in [5.41, 5.74) is 8.93. The number of aryl methyl sites for hydroxylation is 1. The Bertz CT molecular complexity index is 1450. The van der Waals surface area contributed by atoms with E-state index in [2.05, 4.69) is 15.3 Å². The van der Waals surface area contributed by atoms with Gasteiger partial charge < -0.3 is 16.0 Å². The zero-order valence-electron chi connectivity index (χ0n) is 17.7. The third-order valence-electron chi connectivity index (χ3n) is 5.96. The van der Waals surface area contributed by atoms with Crippen molar-refractivity contribution in [2.24, 2.45) is 5.73 Å². The first-order chi connectivity index (χ1) is 16.0. The minimum atomic E-state index is -0.795. The molecule has 33 heavy (non-hydrogen) atoms. The summed E-state index contributed by atoms with van der Waals surface area (Å²) < 4.78 is 0. The molecule has 1 aromatic carbocycles. The standard InChI is InChI=1S/C25H21N5O3/c26-23(31)18-12-17-20(6-3-7-21(17)30-25(18)33)29-24(32)16-13-22(14-8-10-27-11-9-14)28-19-5-2-1-4-15(16)19/h1-2,4-5,8-13,20H,3,6-7H2,(H2,26,31)(H,29,32)(H,30,33). The van der Waals surface area contributed by atoms with Gasteiger partial charge in [-0.25, -0.2) is 4.98 Å². The summed E-state index contributed by atoms with van der Waals surface area (Å²) in [5.74, 6) is -1.05. The van der Waals surface area contributed by atoms with Crippen LogP contribution >= 0.6 is 0 Å². The van der Waals surface area contributed by atoms with Gasteiger partial charge in [-0.15, -0.1) is 0 Å². The van der Waals surface area contributed by atoms with E-state index in [1.807, 2.05) is 36.4 Å². The Hall–Kier alpha value is -4.33. The van der Waals surface area contributed by atoms with Crippen molar-refractivity contribution in [3.05, 3.63) is 93.7 Å². The highest BCUT2D eigenvalue weighted by atomic mass is 16.2. The number of rotatable bonds is 4. The lowest BCUT2D eigenvalue weighted by Gasteiger charge is -2.26. The zero-order valence-corrected chi connectivity index (χ0v) is 17.7.